The molecule has 1 aromatic carbocycles. The Morgan fingerprint density at radius 2 is 1.96 bits per heavy atom. The maximum atomic E-state index is 6.19. The Morgan fingerprint density at radius 3 is 2.56 bits per heavy atom. The summed E-state index contributed by atoms with van der Waals surface area (Å²) >= 11 is 8.12. The van der Waals surface area contributed by atoms with Gasteiger partial charge in [-0.3, -0.25) is 4.99 Å². The van der Waals surface area contributed by atoms with E-state index in [1.165, 1.54) is 18.4 Å². The molecule has 1 saturated carbocycles. The molecule has 1 heterocycles. The minimum absolute atomic E-state index is 0. The normalized spacial score (nSPS) is 20.5. The summed E-state index contributed by atoms with van der Waals surface area (Å²) in [7, 11) is 0. The number of benzene rings is 1. The number of thioether (sulfide) groups is 1. The van der Waals surface area contributed by atoms with Gasteiger partial charge < -0.3 is 15.4 Å². The topological polar surface area (TPSA) is 45.7 Å². The van der Waals surface area contributed by atoms with E-state index in [2.05, 4.69) is 35.9 Å². The van der Waals surface area contributed by atoms with Crippen molar-refractivity contribution < 1.29 is 4.74 Å². The maximum Gasteiger partial charge on any atom is 0.191 e. The number of hydrogen-bond donors (Lipinski definition) is 2. The average molecular weight is 524 g/mol. The summed E-state index contributed by atoms with van der Waals surface area (Å²) in [4.78, 5) is 4.91. The lowest BCUT2D eigenvalue weighted by atomic mass is 9.96. The SMILES string of the molecule is CCNC(=NCC1(SC)CCOCC1)NCC1(c2cccc(Cl)c2)CC1.I. The third kappa shape index (κ3) is 6.15. The Morgan fingerprint density at radius 1 is 1.22 bits per heavy atom. The van der Waals surface area contributed by atoms with Gasteiger partial charge in [-0.15, -0.1) is 24.0 Å². The van der Waals surface area contributed by atoms with E-state index in [0.29, 0.717) is 0 Å². The molecule has 3 rings (SSSR count). The van der Waals surface area contributed by atoms with Crippen molar-refractivity contribution in [1.29, 1.82) is 0 Å². The molecule has 7 heteroatoms. The first-order chi connectivity index (χ1) is 12.6. The molecule has 152 valence electrons. The van der Waals surface area contributed by atoms with Crippen LogP contribution in [0.4, 0.5) is 0 Å². The van der Waals surface area contributed by atoms with Gasteiger partial charge in [0.1, 0.15) is 0 Å². The summed E-state index contributed by atoms with van der Waals surface area (Å²) in [6.07, 6.45) is 6.74. The van der Waals surface area contributed by atoms with Crippen LogP contribution in [0.25, 0.3) is 0 Å². The molecule has 0 atom stereocenters. The van der Waals surface area contributed by atoms with Gasteiger partial charge in [-0.1, -0.05) is 23.7 Å². The number of nitrogens with one attached hydrogen (secondary N) is 2. The second-order valence-electron chi connectivity index (χ2n) is 7.34. The molecule has 27 heavy (non-hydrogen) atoms. The van der Waals surface area contributed by atoms with Crippen LogP contribution in [0.2, 0.25) is 5.02 Å². The van der Waals surface area contributed by atoms with Crippen LogP contribution in [0.1, 0.15) is 38.2 Å². The first-order valence-corrected chi connectivity index (χ1v) is 11.1. The van der Waals surface area contributed by atoms with Crippen molar-refractivity contribution in [2.45, 2.75) is 42.8 Å². The lowest BCUT2D eigenvalue weighted by molar-refractivity contribution is 0.0794. The summed E-state index contributed by atoms with van der Waals surface area (Å²) < 4.78 is 5.75. The van der Waals surface area contributed by atoms with Crippen molar-refractivity contribution in [2.75, 3.05) is 39.1 Å². The summed E-state index contributed by atoms with van der Waals surface area (Å²) in [5, 5.41) is 7.79. The zero-order chi connectivity index (χ0) is 18.5. The minimum atomic E-state index is 0. The fourth-order valence-electron chi connectivity index (χ4n) is 3.52. The van der Waals surface area contributed by atoms with Gasteiger partial charge in [-0.25, -0.2) is 0 Å². The molecule has 0 radical (unpaired) electrons. The van der Waals surface area contributed by atoms with Crippen molar-refractivity contribution in [3.8, 4) is 0 Å². The standard InChI is InChI=1S/C20H30ClN3OS.HI/c1-3-22-18(24-15-20(26-2)9-11-25-12-10-20)23-14-19(7-8-19)16-5-4-6-17(21)13-16;/h4-6,13H,3,7-12,14-15H2,1-2H3,(H2,22,23,24);1H. The predicted molar refractivity (Wildman–Crippen MR) is 128 cm³/mol. The number of rotatable bonds is 7. The zero-order valence-electron chi connectivity index (χ0n) is 16.2. The van der Waals surface area contributed by atoms with Crippen LogP contribution in [0.15, 0.2) is 29.3 Å². The molecule has 2 aliphatic rings. The number of halogens is 2. The Labute approximate surface area is 189 Å². The molecule has 2 N–H and O–H groups in total. The van der Waals surface area contributed by atoms with Crippen LogP contribution < -0.4 is 10.6 Å². The second-order valence-corrected chi connectivity index (χ2v) is 9.05. The fourth-order valence-corrected chi connectivity index (χ4v) is 4.48. The molecule has 0 bridgehead atoms. The molecular formula is C20H31ClIN3OS. The minimum Gasteiger partial charge on any atom is -0.381 e. The van der Waals surface area contributed by atoms with E-state index in [-0.39, 0.29) is 34.1 Å². The summed E-state index contributed by atoms with van der Waals surface area (Å²) in [5.74, 6) is 0.917. The van der Waals surface area contributed by atoms with E-state index in [0.717, 1.165) is 56.7 Å². The maximum absolute atomic E-state index is 6.19. The second kappa shape index (κ2) is 10.6. The number of hydrogen-bond acceptors (Lipinski definition) is 3. The molecule has 0 unspecified atom stereocenters. The average Bonchev–Trinajstić information content (AvgIpc) is 3.46. The van der Waals surface area contributed by atoms with Crippen molar-refractivity contribution >= 4 is 53.3 Å². The highest BCUT2D eigenvalue weighted by Gasteiger charge is 2.44. The van der Waals surface area contributed by atoms with E-state index in [1.54, 1.807) is 0 Å². The van der Waals surface area contributed by atoms with Crippen LogP contribution in [-0.4, -0.2) is 49.8 Å². The van der Waals surface area contributed by atoms with Crippen molar-refractivity contribution in [1.82, 2.24) is 10.6 Å². The van der Waals surface area contributed by atoms with Gasteiger partial charge in [0.2, 0.25) is 0 Å². The van der Waals surface area contributed by atoms with Gasteiger partial charge >= 0.3 is 0 Å². The van der Waals surface area contributed by atoms with Gasteiger partial charge in [0.05, 0.1) is 6.54 Å². The quantitative estimate of drug-likeness (QED) is 0.315. The molecular weight excluding hydrogens is 493 g/mol. The monoisotopic (exact) mass is 523 g/mol. The number of guanidine groups is 1. The summed E-state index contributed by atoms with van der Waals surface area (Å²) in [6.45, 7) is 6.40. The molecule has 0 aromatic heterocycles. The first kappa shape index (κ1) is 23.1. The van der Waals surface area contributed by atoms with E-state index in [9.17, 15) is 0 Å². The van der Waals surface area contributed by atoms with Crippen LogP contribution in [0.5, 0.6) is 0 Å². The molecule has 2 fully saturated rings. The van der Waals surface area contributed by atoms with Gasteiger partial charge in [0.15, 0.2) is 5.96 Å². The molecule has 0 amide bonds. The Hall–Kier alpha value is -0.180. The van der Waals surface area contributed by atoms with Crippen LogP contribution in [0, 0.1) is 0 Å². The lowest BCUT2D eigenvalue weighted by Gasteiger charge is -2.34. The van der Waals surface area contributed by atoms with Gasteiger partial charge in [-0.05, 0) is 56.6 Å². The lowest BCUT2D eigenvalue weighted by Crippen LogP contribution is -2.43. The largest absolute Gasteiger partial charge is 0.381 e. The molecule has 1 aromatic rings. The molecule has 4 nitrogen and oxygen atoms in total. The first-order valence-electron chi connectivity index (χ1n) is 9.53. The van der Waals surface area contributed by atoms with Crippen LogP contribution in [0.3, 0.4) is 0 Å². The zero-order valence-corrected chi connectivity index (χ0v) is 20.1. The highest BCUT2D eigenvalue weighted by atomic mass is 127. The number of aliphatic imine (C=N–C) groups is 1. The number of nitrogens with zero attached hydrogens (tertiary/aromatic N) is 1. The third-order valence-corrected chi connectivity index (χ3v) is 7.23. The third-order valence-electron chi connectivity index (χ3n) is 5.59. The molecule has 1 saturated heterocycles. The highest BCUT2D eigenvalue weighted by Crippen LogP contribution is 2.48. The number of ether oxygens (including phenoxy) is 1. The van der Waals surface area contributed by atoms with Gasteiger partial charge in [0, 0.05) is 41.5 Å². The Kier molecular flexibility index (Phi) is 9.03. The fraction of sp³-hybridized carbons (Fsp3) is 0.650. The van der Waals surface area contributed by atoms with Crippen molar-refractivity contribution in [3.05, 3.63) is 34.9 Å². The van der Waals surface area contributed by atoms with Gasteiger partial charge in [0.25, 0.3) is 0 Å². The molecule has 0 spiro atoms. The Bertz CT molecular complexity index is 633. The van der Waals surface area contributed by atoms with Gasteiger partial charge in [-0.2, -0.15) is 11.8 Å². The van der Waals surface area contributed by atoms with Crippen LogP contribution >= 0.6 is 47.3 Å². The van der Waals surface area contributed by atoms with E-state index < -0.39 is 0 Å². The Balaban J connectivity index is 0.00000261. The highest BCUT2D eigenvalue weighted by molar-refractivity contribution is 14.0. The van der Waals surface area contributed by atoms with E-state index in [4.69, 9.17) is 21.3 Å². The predicted octanol–water partition coefficient (Wildman–Crippen LogP) is 4.46. The van der Waals surface area contributed by atoms with Crippen LogP contribution in [-0.2, 0) is 10.2 Å². The smallest absolute Gasteiger partial charge is 0.191 e. The summed E-state index contributed by atoms with van der Waals surface area (Å²) in [6, 6.07) is 8.28. The summed E-state index contributed by atoms with van der Waals surface area (Å²) in [5.41, 5.74) is 1.54. The molecule has 1 aliphatic carbocycles. The van der Waals surface area contributed by atoms with Crippen molar-refractivity contribution in [3.63, 3.8) is 0 Å². The molecule has 1 aliphatic heterocycles. The van der Waals surface area contributed by atoms with Crippen molar-refractivity contribution in [2.24, 2.45) is 4.99 Å². The van der Waals surface area contributed by atoms with E-state index >= 15 is 0 Å². The van der Waals surface area contributed by atoms with E-state index in [1.807, 2.05) is 23.9 Å².